The Labute approximate surface area is 136 Å². The molecule has 0 spiro atoms. The standard InChI is InChI=1S/C15H13N3O6/c19-15-17(16-8-12-6-7-14(23-12)18(20)21)9-13(24-15)10-22-11-4-2-1-3-5-11/h1-8,13H,9-10H2/b16-8-/t13-/m1/s1. The van der Waals surface area contributed by atoms with E-state index in [-0.39, 0.29) is 18.9 Å². The summed E-state index contributed by atoms with van der Waals surface area (Å²) in [5, 5.41) is 15.5. The molecule has 0 N–H and O–H groups in total. The first-order valence-corrected chi connectivity index (χ1v) is 7.06. The molecular weight excluding hydrogens is 318 g/mol. The van der Waals surface area contributed by atoms with E-state index in [1.807, 2.05) is 18.2 Å². The molecule has 2 aromatic rings. The smallest absolute Gasteiger partial charge is 0.433 e. The third-order valence-corrected chi connectivity index (χ3v) is 3.15. The number of carbonyl (C=O) groups excluding carboxylic acids is 1. The van der Waals surface area contributed by atoms with Gasteiger partial charge in [0.05, 0.1) is 18.8 Å². The molecule has 9 nitrogen and oxygen atoms in total. The highest BCUT2D eigenvalue weighted by atomic mass is 16.6. The maximum absolute atomic E-state index is 11.7. The molecule has 1 fully saturated rings. The van der Waals surface area contributed by atoms with E-state index in [1.165, 1.54) is 18.3 Å². The van der Waals surface area contributed by atoms with Crippen molar-refractivity contribution in [2.24, 2.45) is 5.10 Å². The van der Waals surface area contributed by atoms with Gasteiger partial charge < -0.3 is 13.9 Å². The lowest BCUT2D eigenvalue weighted by atomic mass is 10.3. The second kappa shape index (κ2) is 6.82. The number of amides is 1. The first-order chi connectivity index (χ1) is 11.6. The molecule has 0 bridgehead atoms. The average Bonchev–Trinajstić information content (AvgIpc) is 3.19. The molecule has 0 radical (unpaired) electrons. The summed E-state index contributed by atoms with van der Waals surface area (Å²) in [5.74, 6) is 0.450. The molecule has 1 amide bonds. The number of para-hydroxylation sites is 1. The second-order valence-electron chi connectivity index (χ2n) is 4.89. The summed E-state index contributed by atoms with van der Waals surface area (Å²) in [6.45, 7) is 0.416. The van der Waals surface area contributed by atoms with Crippen LogP contribution in [0.4, 0.5) is 10.7 Å². The van der Waals surface area contributed by atoms with Crippen LogP contribution < -0.4 is 4.74 Å². The summed E-state index contributed by atoms with van der Waals surface area (Å²) in [7, 11) is 0. The Morgan fingerprint density at radius 3 is 2.83 bits per heavy atom. The van der Waals surface area contributed by atoms with E-state index in [0.29, 0.717) is 5.75 Å². The van der Waals surface area contributed by atoms with Crippen LogP contribution in [-0.2, 0) is 4.74 Å². The fourth-order valence-corrected chi connectivity index (χ4v) is 2.03. The Balaban J connectivity index is 1.54. The number of hydrogen-bond acceptors (Lipinski definition) is 7. The fourth-order valence-electron chi connectivity index (χ4n) is 2.03. The van der Waals surface area contributed by atoms with Crippen LogP contribution in [0.2, 0.25) is 0 Å². The zero-order valence-corrected chi connectivity index (χ0v) is 12.4. The van der Waals surface area contributed by atoms with Crippen molar-refractivity contribution in [3.63, 3.8) is 0 Å². The Hall–Kier alpha value is -3.36. The highest BCUT2D eigenvalue weighted by Gasteiger charge is 2.31. The third kappa shape index (κ3) is 3.69. The molecule has 124 valence electrons. The van der Waals surface area contributed by atoms with Crippen LogP contribution in [0.15, 0.2) is 52.0 Å². The molecular formula is C15H13N3O6. The minimum atomic E-state index is -0.654. The largest absolute Gasteiger partial charge is 0.490 e. The Morgan fingerprint density at radius 2 is 2.12 bits per heavy atom. The molecule has 1 aliphatic heterocycles. The molecule has 0 saturated carbocycles. The monoisotopic (exact) mass is 331 g/mol. The maximum Gasteiger partial charge on any atom is 0.433 e. The molecule has 0 aliphatic carbocycles. The van der Waals surface area contributed by atoms with E-state index < -0.39 is 23.0 Å². The number of furan rings is 1. The van der Waals surface area contributed by atoms with Crippen LogP contribution in [0.5, 0.6) is 5.75 Å². The van der Waals surface area contributed by atoms with Gasteiger partial charge in [0, 0.05) is 0 Å². The zero-order valence-electron chi connectivity index (χ0n) is 12.4. The second-order valence-corrected chi connectivity index (χ2v) is 4.89. The van der Waals surface area contributed by atoms with Crippen molar-refractivity contribution in [1.82, 2.24) is 5.01 Å². The quantitative estimate of drug-likeness (QED) is 0.457. The van der Waals surface area contributed by atoms with Crippen molar-refractivity contribution >= 4 is 18.2 Å². The summed E-state index contributed by atoms with van der Waals surface area (Å²) in [5.41, 5.74) is 0. The van der Waals surface area contributed by atoms with Gasteiger partial charge in [-0.1, -0.05) is 18.2 Å². The number of hydrazone groups is 1. The van der Waals surface area contributed by atoms with Gasteiger partial charge >= 0.3 is 12.0 Å². The van der Waals surface area contributed by atoms with E-state index in [2.05, 4.69) is 5.10 Å². The van der Waals surface area contributed by atoms with Gasteiger partial charge in [0.1, 0.15) is 17.3 Å². The van der Waals surface area contributed by atoms with Crippen molar-refractivity contribution < 1.29 is 23.6 Å². The third-order valence-electron chi connectivity index (χ3n) is 3.15. The number of rotatable bonds is 6. The van der Waals surface area contributed by atoms with Gasteiger partial charge in [0.25, 0.3) is 0 Å². The van der Waals surface area contributed by atoms with Gasteiger partial charge in [0.2, 0.25) is 0 Å². The summed E-state index contributed by atoms with van der Waals surface area (Å²) in [6.07, 6.45) is 0.143. The maximum atomic E-state index is 11.7. The van der Waals surface area contributed by atoms with Gasteiger partial charge in [-0.15, -0.1) is 0 Å². The van der Waals surface area contributed by atoms with Crippen LogP contribution in [0, 0.1) is 10.1 Å². The van der Waals surface area contributed by atoms with Gasteiger partial charge in [-0.05, 0) is 18.2 Å². The molecule has 24 heavy (non-hydrogen) atoms. The van der Waals surface area contributed by atoms with Crippen LogP contribution in [0.25, 0.3) is 0 Å². The average molecular weight is 331 g/mol. The number of benzene rings is 1. The molecule has 2 heterocycles. The van der Waals surface area contributed by atoms with Crippen LogP contribution in [-0.4, -0.2) is 41.5 Å². The minimum Gasteiger partial charge on any atom is -0.490 e. The normalized spacial score (nSPS) is 17.2. The number of cyclic esters (lactones) is 1. The van der Waals surface area contributed by atoms with Crippen LogP contribution in [0.1, 0.15) is 5.76 Å². The summed E-state index contributed by atoms with van der Waals surface area (Å²) < 4.78 is 15.6. The molecule has 1 aromatic heterocycles. The number of nitrogens with zero attached hydrogens (tertiary/aromatic N) is 3. The zero-order chi connectivity index (χ0) is 16.9. The van der Waals surface area contributed by atoms with E-state index in [1.54, 1.807) is 12.1 Å². The Kier molecular flexibility index (Phi) is 4.41. The Bertz CT molecular complexity index is 758. The number of carbonyl (C=O) groups is 1. The van der Waals surface area contributed by atoms with Gasteiger partial charge in [0.15, 0.2) is 11.9 Å². The summed E-state index contributed by atoms with van der Waals surface area (Å²) >= 11 is 0. The van der Waals surface area contributed by atoms with Crippen molar-refractivity contribution in [2.75, 3.05) is 13.2 Å². The van der Waals surface area contributed by atoms with E-state index in [0.717, 1.165) is 5.01 Å². The predicted octanol–water partition coefficient (Wildman–Crippen LogP) is 2.42. The van der Waals surface area contributed by atoms with E-state index >= 15 is 0 Å². The van der Waals surface area contributed by atoms with E-state index in [4.69, 9.17) is 13.9 Å². The van der Waals surface area contributed by atoms with Crippen LogP contribution in [0.3, 0.4) is 0 Å². The molecule has 9 heteroatoms. The first kappa shape index (κ1) is 15.5. The van der Waals surface area contributed by atoms with Gasteiger partial charge in [-0.2, -0.15) is 10.1 Å². The summed E-state index contributed by atoms with van der Waals surface area (Å²) in [6, 6.07) is 11.8. The lowest BCUT2D eigenvalue weighted by Crippen LogP contribution is -2.23. The van der Waals surface area contributed by atoms with E-state index in [9.17, 15) is 14.9 Å². The van der Waals surface area contributed by atoms with Crippen molar-refractivity contribution in [1.29, 1.82) is 0 Å². The highest BCUT2D eigenvalue weighted by Crippen LogP contribution is 2.17. The topological polar surface area (TPSA) is 107 Å². The minimum absolute atomic E-state index is 0.165. The molecule has 3 rings (SSSR count). The van der Waals surface area contributed by atoms with Crippen LogP contribution >= 0.6 is 0 Å². The lowest BCUT2D eigenvalue weighted by Gasteiger charge is -2.09. The lowest BCUT2D eigenvalue weighted by molar-refractivity contribution is -0.402. The van der Waals surface area contributed by atoms with Gasteiger partial charge in [-0.3, -0.25) is 10.1 Å². The van der Waals surface area contributed by atoms with Crippen molar-refractivity contribution in [2.45, 2.75) is 6.10 Å². The molecule has 1 atom stereocenters. The molecule has 1 aliphatic rings. The fraction of sp³-hybridized carbons (Fsp3) is 0.200. The molecule has 1 aromatic carbocycles. The SMILES string of the molecule is O=C1O[C@@H](COc2ccccc2)CN1/N=C\c1ccc([N+](=O)[O-])o1. The van der Waals surface area contributed by atoms with Crippen molar-refractivity contribution in [3.05, 3.63) is 58.3 Å². The molecule has 1 saturated heterocycles. The summed E-state index contributed by atoms with van der Waals surface area (Å²) in [4.78, 5) is 21.6. The van der Waals surface area contributed by atoms with Gasteiger partial charge in [-0.25, -0.2) is 4.79 Å². The molecule has 0 unspecified atom stereocenters. The first-order valence-electron chi connectivity index (χ1n) is 7.06. The predicted molar refractivity (Wildman–Crippen MR) is 81.9 cm³/mol. The number of nitro groups is 1. The number of ether oxygens (including phenoxy) is 2. The highest BCUT2D eigenvalue weighted by molar-refractivity contribution is 5.78. The van der Waals surface area contributed by atoms with Crippen molar-refractivity contribution in [3.8, 4) is 5.75 Å². The number of hydrogen-bond donors (Lipinski definition) is 0. The Morgan fingerprint density at radius 1 is 1.33 bits per heavy atom.